The highest BCUT2D eigenvalue weighted by molar-refractivity contribution is 5.94. The molecule has 0 radical (unpaired) electrons. The number of imidazole rings is 1. The van der Waals surface area contributed by atoms with E-state index in [2.05, 4.69) is 9.88 Å². The molecule has 0 bridgehead atoms. The van der Waals surface area contributed by atoms with E-state index in [9.17, 15) is 9.59 Å². The van der Waals surface area contributed by atoms with Crippen LogP contribution < -0.4 is 31.8 Å². The summed E-state index contributed by atoms with van der Waals surface area (Å²) in [7, 11) is 0. The van der Waals surface area contributed by atoms with Crippen LogP contribution in [0.15, 0.2) is 36.4 Å². The first kappa shape index (κ1) is 22.4. The number of hydrogen-bond donors (Lipinski definition) is 1. The van der Waals surface area contributed by atoms with Crippen LogP contribution in [0.25, 0.3) is 11.0 Å². The summed E-state index contributed by atoms with van der Waals surface area (Å²) in [5.74, 6) is 1.64. The van der Waals surface area contributed by atoms with Gasteiger partial charge in [-0.3, -0.25) is 4.79 Å². The minimum Gasteiger partial charge on any atom is -1.00 e. The van der Waals surface area contributed by atoms with Crippen LogP contribution in [0.2, 0.25) is 0 Å². The lowest BCUT2D eigenvalue weighted by atomic mass is 10.2. The van der Waals surface area contributed by atoms with Crippen LogP contribution in [0.5, 0.6) is 11.5 Å². The summed E-state index contributed by atoms with van der Waals surface area (Å²) < 4.78 is 19.8. The van der Waals surface area contributed by atoms with Crippen LogP contribution in [0.3, 0.4) is 0 Å². The topological polar surface area (TPSA) is 82.7 Å². The van der Waals surface area contributed by atoms with E-state index < -0.39 is 0 Å². The van der Waals surface area contributed by atoms with E-state index in [1.807, 2.05) is 24.5 Å². The van der Waals surface area contributed by atoms with E-state index >= 15 is 0 Å². The van der Waals surface area contributed by atoms with E-state index in [4.69, 9.17) is 14.2 Å². The third-order valence-electron chi connectivity index (χ3n) is 5.12. The Morgan fingerprint density at radius 2 is 1.90 bits per heavy atom. The Hall–Kier alpha value is -3.26. The SMILES string of the molecule is CCOC(=O)c1ccc2c(c1)n(CC(=O)Nc1ccc3c(c1)OCO3)c(C)[n+]2CC.[Cl-]. The number of fused-ring (bicyclic) bond motifs is 2. The first-order valence-corrected chi connectivity index (χ1v) is 9.91. The van der Waals surface area contributed by atoms with Crippen LogP contribution in [0, 0.1) is 6.92 Å². The number of esters is 1. The number of nitrogens with one attached hydrogen (secondary N) is 1. The molecule has 0 aliphatic carbocycles. The average molecular weight is 446 g/mol. The number of rotatable bonds is 6. The van der Waals surface area contributed by atoms with Gasteiger partial charge in [0.2, 0.25) is 6.79 Å². The smallest absolute Gasteiger partial charge is 0.338 e. The van der Waals surface area contributed by atoms with Crippen LogP contribution in [0.1, 0.15) is 30.0 Å². The minimum absolute atomic E-state index is 0. The molecule has 0 saturated heterocycles. The van der Waals surface area contributed by atoms with Crippen molar-refractivity contribution in [2.45, 2.75) is 33.9 Å². The lowest BCUT2D eigenvalue weighted by Crippen LogP contribution is -3.00. The molecular weight excluding hydrogens is 422 g/mol. The average Bonchev–Trinajstić information content (AvgIpc) is 3.30. The summed E-state index contributed by atoms with van der Waals surface area (Å²) in [4.78, 5) is 25.0. The Morgan fingerprint density at radius 3 is 2.65 bits per heavy atom. The van der Waals surface area contributed by atoms with E-state index in [1.165, 1.54) is 0 Å². The first-order chi connectivity index (χ1) is 14.5. The lowest BCUT2D eigenvalue weighted by Gasteiger charge is -2.06. The fourth-order valence-electron chi connectivity index (χ4n) is 3.72. The molecule has 1 amide bonds. The van der Waals surface area contributed by atoms with Crippen LogP contribution >= 0.6 is 0 Å². The van der Waals surface area contributed by atoms with Crippen molar-refractivity contribution in [1.29, 1.82) is 0 Å². The quantitative estimate of drug-likeness (QED) is 0.420. The van der Waals surface area contributed by atoms with Crippen molar-refractivity contribution >= 4 is 28.6 Å². The predicted molar refractivity (Wildman–Crippen MR) is 110 cm³/mol. The van der Waals surface area contributed by atoms with Gasteiger partial charge in [0.1, 0.15) is 0 Å². The molecule has 164 valence electrons. The maximum absolute atomic E-state index is 12.8. The summed E-state index contributed by atoms with van der Waals surface area (Å²) in [5, 5.41) is 2.90. The maximum atomic E-state index is 12.8. The van der Waals surface area contributed by atoms with E-state index in [-0.39, 0.29) is 37.6 Å². The minimum atomic E-state index is -0.377. The third-order valence-corrected chi connectivity index (χ3v) is 5.12. The van der Waals surface area contributed by atoms with Gasteiger partial charge in [0.05, 0.1) is 18.7 Å². The first-order valence-electron chi connectivity index (χ1n) is 9.91. The molecule has 0 atom stereocenters. The second-order valence-corrected chi connectivity index (χ2v) is 6.92. The van der Waals surface area contributed by atoms with Crippen molar-refractivity contribution < 1.29 is 40.8 Å². The summed E-state index contributed by atoms with van der Waals surface area (Å²) in [6.07, 6.45) is 0. The second kappa shape index (κ2) is 9.26. The van der Waals surface area contributed by atoms with Gasteiger partial charge in [-0.2, -0.15) is 0 Å². The highest BCUT2D eigenvalue weighted by atomic mass is 35.5. The number of amides is 1. The van der Waals surface area contributed by atoms with E-state index in [1.54, 1.807) is 37.3 Å². The fraction of sp³-hybridized carbons (Fsp3) is 0.318. The van der Waals surface area contributed by atoms with Crippen LogP contribution in [-0.2, 0) is 22.6 Å². The molecule has 0 fully saturated rings. The molecule has 0 saturated carbocycles. The van der Waals surface area contributed by atoms with Gasteiger partial charge < -0.3 is 31.9 Å². The van der Waals surface area contributed by atoms with Gasteiger partial charge in [-0.25, -0.2) is 13.9 Å². The second-order valence-electron chi connectivity index (χ2n) is 6.92. The molecule has 0 unspecified atom stereocenters. The number of hydrogen-bond acceptors (Lipinski definition) is 5. The molecular formula is C22H24ClN3O5. The van der Waals surface area contributed by atoms with E-state index in [0.717, 1.165) is 23.4 Å². The van der Waals surface area contributed by atoms with Crippen molar-refractivity contribution in [3.63, 3.8) is 0 Å². The third kappa shape index (κ3) is 4.29. The Balaban J connectivity index is 0.00000272. The van der Waals surface area contributed by atoms with Gasteiger partial charge in [0.25, 0.3) is 11.7 Å². The Labute approximate surface area is 186 Å². The monoisotopic (exact) mass is 445 g/mol. The molecule has 4 rings (SSSR count). The van der Waals surface area contributed by atoms with Gasteiger partial charge in [-0.05, 0) is 38.1 Å². The standard InChI is InChI=1S/C22H23N3O5.ClH/c1-4-24-14(3)25(18-10-15(6-8-17(18)24)22(27)28-5-2)12-21(26)23-16-7-9-19-20(11-16)30-13-29-19;/h6-11H,4-5,12-13H2,1-3H3;1H. The van der Waals surface area contributed by atoms with Crippen molar-refractivity contribution in [1.82, 2.24) is 4.57 Å². The number of aromatic nitrogens is 2. The van der Waals surface area contributed by atoms with Gasteiger partial charge in [0, 0.05) is 24.7 Å². The lowest BCUT2D eigenvalue weighted by molar-refractivity contribution is -0.674. The summed E-state index contributed by atoms with van der Waals surface area (Å²) >= 11 is 0. The molecule has 2 heterocycles. The largest absolute Gasteiger partial charge is 1.00 e. The zero-order chi connectivity index (χ0) is 21.3. The molecule has 3 aromatic rings. The van der Waals surface area contributed by atoms with Crippen LogP contribution in [-0.4, -0.2) is 29.8 Å². The summed E-state index contributed by atoms with van der Waals surface area (Å²) in [6.45, 7) is 7.12. The molecule has 8 nitrogen and oxygen atoms in total. The van der Waals surface area contributed by atoms with Crippen molar-refractivity contribution in [2.75, 3.05) is 18.7 Å². The number of benzene rings is 2. The fourth-order valence-corrected chi connectivity index (χ4v) is 3.72. The number of carbonyl (C=O) groups excluding carboxylic acids is 2. The Bertz CT molecular complexity index is 1140. The Kier molecular flexibility index (Phi) is 6.70. The molecule has 31 heavy (non-hydrogen) atoms. The van der Waals surface area contributed by atoms with E-state index in [0.29, 0.717) is 29.4 Å². The van der Waals surface area contributed by atoms with Gasteiger partial charge >= 0.3 is 5.97 Å². The summed E-state index contributed by atoms with van der Waals surface area (Å²) in [6, 6.07) is 10.7. The molecule has 9 heteroatoms. The van der Waals surface area contributed by atoms with Gasteiger partial charge in [-0.15, -0.1) is 0 Å². The molecule has 1 aliphatic rings. The van der Waals surface area contributed by atoms with Gasteiger partial charge in [-0.1, -0.05) is 0 Å². The number of carbonyl (C=O) groups is 2. The molecule has 2 aromatic carbocycles. The van der Waals surface area contributed by atoms with Gasteiger partial charge in [0.15, 0.2) is 29.1 Å². The van der Waals surface area contributed by atoms with Crippen molar-refractivity contribution in [3.8, 4) is 11.5 Å². The summed E-state index contributed by atoms with van der Waals surface area (Å²) in [5.41, 5.74) is 2.86. The molecule has 1 aliphatic heterocycles. The zero-order valence-electron chi connectivity index (χ0n) is 17.6. The number of ether oxygens (including phenoxy) is 3. The number of nitrogens with zero attached hydrogens (tertiary/aromatic N) is 2. The number of aryl methyl sites for hydroxylation is 1. The maximum Gasteiger partial charge on any atom is 0.338 e. The number of halogens is 1. The normalized spacial score (nSPS) is 11.8. The highest BCUT2D eigenvalue weighted by Crippen LogP contribution is 2.34. The number of anilines is 1. The predicted octanol–water partition coefficient (Wildman–Crippen LogP) is -0.195. The van der Waals surface area contributed by atoms with Crippen molar-refractivity contribution in [3.05, 3.63) is 47.8 Å². The Morgan fingerprint density at radius 1 is 1.13 bits per heavy atom. The highest BCUT2D eigenvalue weighted by Gasteiger charge is 2.24. The van der Waals surface area contributed by atoms with Crippen molar-refractivity contribution in [2.24, 2.45) is 0 Å². The molecule has 1 N–H and O–H groups in total. The molecule has 1 aromatic heterocycles. The zero-order valence-corrected chi connectivity index (χ0v) is 18.4. The van der Waals surface area contributed by atoms with Crippen LogP contribution in [0.4, 0.5) is 5.69 Å². The molecule has 0 spiro atoms.